The summed E-state index contributed by atoms with van der Waals surface area (Å²) in [6.45, 7) is 6.03. The second-order valence-corrected chi connectivity index (χ2v) is 10.2. The molecule has 3 aliphatic heterocycles. The molecule has 5 heteroatoms. The smallest absolute Gasteiger partial charge is 0.226 e. The fraction of sp³-hybridized carbons (Fsp3) is 0.692. The second-order valence-electron chi connectivity index (χ2n) is 10.2. The van der Waals surface area contributed by atoms with E-state index in [9.17, 15) is 4.79 Å². The molecule has 0 saturated carbocycles. The van der Waals surface area contributed by atoms with Crippen molar-refractivity contribution in [2.45, 2.75) is 63.5 Å². The van der Waals surface area contributed by atoms with Gasteiger partial charge in [-0.25, -0.2) is 0 Å². The topological polar surface area (TPSA) is 50.6 Å². The number of rotatable bonds is 3. The van der Waals surface area contributed by atoms with Gasteiger partial charge in [-0.1, -0.05) is 24.3 Å². The van der Waals surface area contributed by atoms with Crippen LogP contribution in [0.25, 0.3) is 0 Å². The summed E-state index contributed by atoms with van der Waals surface area (Å²) >= 11 is 0. The predicted molar refractivity (Wildman–Crippen MR) is 121 cm³/mol. The number of hydrogen-bond donors (Lipinski definition) is 0. The molecule has 1 aromatic rings. The molecule has 5 nitrogen and oxygen atoms in total. The standard InChI is InChI=1S/C26H36N4O/c27-18-20-7-12-29(13-8-20)26(31)23-6-3-11-30(19-23)24-9-14-28(15-10-24)25-16-21-4-1-2-5-22(21)17-25/h1-2,4-5,20,23-25H,3,6-17,19H2/t23-/m1/s1. The number of nitrogens with zero attached hydrogens (tertiary/aromatic N) is 4. The van der Waals surface area contributed by atoms with Crippen molar-refractivity contribution in [3.8, 4) is 6.07 Å². The average molecular weight is 421 g/mol. The Bertz CT molecular complexity index is 792. The van der Waals surface area contributed by atoms with Crippen LogP contribution in [0.3, 0.4) is 0 Å². The van der Waals surface area contributed by atoms with Crippen LogP contribution >= 0.6 is 0 Å². The summed E-state index contributed by atoms with van der Waals surface area (Å²) in [5, 5.41) is 9.11. The lowest BCUT2D eigenvalue weighted by Gasteiger charge is -2.44. The van der Waals surface area contributed by atoms with Crippen molar-refractivity contribution < 1.29 is 4.79 Å². The fourth-order valence-electron chi connectivity index (χ4n) is 6.44. The van der Waals surface area contributed by atoms with Gasteiger partial charge in [-0.15, -0.1) is 0 Å². The van der Waals surface area contributed by atoms with Gasteiger partial charge in [0.1, 0.15) is 0 Å². The van der Waals surface area contributed by atoms with Crippen molar-refractivity contribution >= 4 is 5.91 Å². The van der Waals surface area contributed by atoms with E-state index < -0.39 is 0 Å². The number of carbonyl (C=O) groups is 1. The Morgan fingerprint density at radius 3 is 2.16 bits per heavy atom. The first-order valence-electron chi connectivity index (χ1n) is 12.4. The normalized spacial score (nSPS) is 27.2. The first kappa shape index (κ1) is 21.0. The molecule has 1 amide bonds. The highest BCUT2D eigenvalue weighted by atomic mass is 16.2. The predicted octanol–water partition coefficient (Wildman–Crippen LogP) is 3.09. The largest absolute Gasteiger partial charge is 0.342 e. The number of hydrogen-bond acceptors (Lipinski definition) is 4. The molecule has 0 unspecified atom stereocenters. The molecule has 3 fully saturated rings. The highest BCUT2D eigenvalue weighted by Crippen LogP contribution is 2.30. The van der Waals surface area contributed by atoms with Gasteiger partial charge in [0.05, 0.1) is 12.0 Å². The average Bonchev–Trinajstić information content (AvgIpc) is 3.28. The van der Waals surface area contributed by atoms with E-state index in [2.05, 4.69) is 40.1 Å². The molecule has 3 saturated heterocycles. The SMILES string of the molecule is N#CC1CCN(C(=O)[C@@H]2CCCN(C3CCN(C4Cc5ccccc5C4)CC3)C2)CC1. The molecule has 1 aliphatic carbocycles. The van der Waals surface area contributed by atoms with Gasteiger partial charge in [-0.05, 0) is 82.1 Å². The summed E-state index contributed by atoms with van der Waals surface area (Å²) in [6.07, 6.45) is 8.77. The van der Waals surface area contributed by atoms with Gasteiger partial charge in [0.25, 0.3) is 0 Å². The summed E-state index contributed by atoms with van der Waals surface area (Å²) in [7, 11) is 0. The molecule has 166 valence electrons. The van der Waals surface area contributed by atoms with E-state index >= 15 is 0 Å². The number of piperidine rings is 3. The third-order valence-electron chi connectivity index (χ3n) is 8.35. The van der Waals surface area contributed by atoms with Crippen molar-refractivity contribution in [3.63, 3.8) is 0 Å². The van der Waals surface area contributed by atoms with Gasteiger partial charge in [-0.2, -0.15) is 5.26 Å². The zero-order valence-corrected chi connectivity index (χ0v) is 18.7. The second kappa shape index (κ2) is 9.30. The highest BCUT2D eigenvalue weighted by molar-refractivity contribution is 5.79. The van der Waals surface area contributed by atoms with Crippen LogP contribution in [0.4, 0.5) is 0 Å². The molecule has 3 heterocycles. The molecule has 0 radical (unpaired) electrons. The summed E-state index contributed by atoms with van der Waals surface area (Å²) in [6, 6.07) is 12.6. The molecule has 4 aliphatic rings. The van der Waals surface area contributed by atoms with Gasteiger partial charge in [0.2, 0.25) is 5.91 Å². The Labute approximate surface area is 187 Å². The van der Waals surface area contributed by atoms with Crippen LogP contribution in [0.1, 0.15) is 49.7 Å². The first-order valence-corrected chi connectivity index (χ1v) is 12.4. The Morgan fingerprint density at radius 1 is 0.839 bits per heavy atom. The van der Waals surface area contributed by atoms with E-state index in [-0.39, 0.29) is 11.8 Å². The molecular weight excluding hydrogens is 384 g/mol. The number of amides is 1. The number of fused-ring (bicyclic) bond motifs is 1. The maximum atomic E-state index is 13.1. The third kappa shape index (κ3) is 4.52. The van der Waals surface area contributed by atoms with Crippen molar-refractivity contribution in [2.75, 3.05) is 39.3 Å². The van der Waals surface area contributed by atoms with Crippen molar-refractivity contribution in [1.29, 1.82) is 5.26 Å². The van der Waals surface area contributed by atoms with E-state index in [0.717, 1.165) is 51.9 Å². The Hall–Kier alpha value is -1.90. The zero-order valence-electron chi connectivity index (χ0n) is 18.7. The maximum absolute atomic E-state index is 13.1. The molecule has 1 aromatic carbocycles. The molecule has 1 atom stereocenters. The summed E-state index contributed by atoms with van der Waals surface area (Å²) in [5.41, 5.74) is 3.09. The summed E-state index contributed by atoms with van der Waals surface area (Å²) < 4.78 is 0. The van der Waals surface area contributed by atoms with Gasteiger partial charge in [0.15, 0.2) is 0 Å². The van der Waals surface area contributed by atoms with Crippen LogP contribution in [-0.2, 0) is 17.6 Å². The summed E-state index contributed by atoms with van der Waals surface area (Å²) in [5.74, 6) is 0.654. The molecule has 0 aromatic heterocycles. The number of likely N-dealkylation sites (tertiary alicyclic amines) is 3. The van der Waals surface area contributed by atoms with Crippen LogP contribution in [0.5, 0.6) is 0 Å². The first-order chi connectivity index (χ1) is 15.2. The quantitative estimate of drug-likeness (QED) is 0.754. The van der Waals surface area contributed by atoms with E-state index in [0.29, 0.717) is 18.0 Å². The number of benzene rings is 1. The highest BCUT2D eigenvalue weighted by Gasteiger charge is 2.36. The van der Waals surface area contributed by atoms with E-state index in [4.69, 9.17) is 5.26 Å². The van der Waals surface area contributed by atoms with Crippen molar-refractivity contribution in [3.05, 3.63) is 35.4 Å². The van der Waals surface area contributed by atoms with E-state index in [1.54, 1.807) is 11.1 Å². The number of nitriles is 1. The Kier molecular flexibility index (Phi) is 6.29. The molecule has 31 heavy (non-hydrogen) atoms. The van der Waals surface area contributed by atoms with Crippen molar-refractivity contribution in [1.82, 2.24) is 14.7 Å². The minimum absolute atomic E-state index is 0.143. The van der Waals surface area contributed by atoms with Crippen LogP contribution in [0.15, 0.2) is 24.3 Å². The van der Waals surface area contributed by atoms with Gasteiger partial charge < -0.3 is 4.90 Å². The van der Waals surface area contributed by atoms with E-state index in [1.807, 2.05) is 4.90 Å². The molecule has 0 N–H and O–H groups in total. The molecular formula is C26H36N4O. The van der Waals surface area contributed by atoms with Gasteiger partial charge in [0, 0.05) is 37.6 Å². The lowest BCUT2D eigenvalue weighted by molar-refractivity contribution is -0.139. The van der Waals surface area contributed by atoms with Gasteiger partial charge >= 0.3 is 0 Å². The van der Waals surface area contributed by atoms with Gasteiger partial charge in [-0.3, -0.25) is 14.6 Å². The molecule has 0 bridgehead atoms. The van der Waals surface area contributed by atoms with E-state index in [1.165, 1.54) is 38.8 Å². The Morgan fingerprint density at radius 2 is 1.52 bits per heavy atom. The van der Waals surface area contributed by atoms with Crippen LogP contribution in [0, 0.1) is 23.2 Å². The molecule has 5 rings (SSSR count). The minimum Gasteiger partial charge on any atom is -0.342 e. The maximum Gasteiger partial charge on any atom is 0.226 e. The van der Waals surface area contributed by atoms with Crippen LogP contribution in [0.2, 0.25) is 0 Å². The Balaban J connectivity index is 1.11. The van der Waals surface area contributed by atoms with Crippen molar-refractivity contribution in [2.24, 2.45) is 11.8 Å². The lowest BCUT2D eigenvalue weighted by atomic mass is 9.91. The molecule has 0 spiro atoms. The monoisotopic (exact) mass is 420 g/mol. The van der Waals surface area contributed by atoms with Crippen LogP contribution in [-0.4, -0.2) is 72.0 Å². The lowest BCUT2D eigenvalue weighted by Crippen LogP contribution is -2.53. The summed E-state index contributed by atoms with van der Waals surface area (Å²) in [4.78, 5) is 20.5. The minimum atomic E-state index is 0.143. The zero-order chi connectivity index (χ0) is 21.2. The third-order valence-corrected chi connectivity index (χ3v) is 8.35. The van der Waals surface area contributed by atoms with Crippen LogP contribution < -0.4 is 0 Å². The number of carbonyl (C=O) groups excluding carboxylic acids is 1. The fourth-order valence-corrected chi connectivity index (χ4v) is 6.44.